The van der Waals surface area contributed by atoms with Gasteiger partial charge in [-0.3, -0.25) is 4.98 Å². The van der Waals surface area contributed by atoms with E-state index in [1.54, 1.807) is 23.4 Å². The first-order chi connectivity index (χ1) is 17.5. The summed E-state index contributed by atoms with van der Waals surface area (Å²) >= 11 is 0. The SMILES string of the molecule is Cc1ccccc1N([C-]=Nc1[c-]c(-c2ncnc3cc(C(C)C)ccc23)ccc1)c1ccccc1O.[Pt+2]. The van der Waals surface area contributed by atoms with Crippen LogP contribution in [0.3, 0.4) is 0 Å². The van der Waals surface area contributed by atoms with Crippen molar-refractivity contribution in [3.8, 4) is 17.0 Å². The van der Waals surface area contributed by atoms with Crippen LogP contribution in [-0.4, -0.2) is 21.4 Å². The minimum absolute atomic E-state index is 0. The van der Waals surface area contributed by atoms with E-state index in [4.69, 9.17) is 0 Å². The second-order valence-corrected chi connectivity index (χ2v) is 8.93. The number of anilines is 2. The Morgan fingerprint density at radius 1 is 0.892 bits per heavy atom. The van der Waals surface area contributed by atoms with Crippen LogP contribution in [0.4, 0.5) is 17.1 Å². The summed E-state index contributed by atoms with van der Waals surface area (Å²) in [7, 11) is 0. The number of nitrogens with zero attached hydrogens (tertiary/aromatic N) is 4. The zero-order valence-corrected chi connectivity index (χ0v) is 23.1. The van der Waals surface area contributed by atoms with E-state index in [2.05, 4.69) is 59.4 Å². The second-order valence-electron chi connectivity index (χ2n) is 8.93. The summed E-state index contributed by atoms with van der Waals surface area (Å²) in [4.78, 5) is 15.4. The topological polar surface area (TPSA) is 61.6 Å². The van der Waals surface area contributed by atoms with E-state index in [-0.39, 0.29) is 26.8 Å². The van der Waals surface area contributed by atoms with Gasteiger partial charge in [0.25, 0.3) is 0 Å². The summed E-state index contributed by atoms with van der Waals surface area (Å²) in [5, 5.41) is 11.5. The van der Waals surface area contributed by atoms with Gasteiger partial charge >= 0.3 is 21.1 Å². The van der Waals surface area contributed by atoms with E-state index in [1.807, 2.05) is 61.5 Å². The maximum atomic E-state index is 10.5. The number of rotatable bonds is 6. The summed E-state index contributed by atoms with van der Waals surface area (Å²) in [6.45, 7) is 6.36. The maximum absolute atomic E-state index is 10.5. The van der Waals surface area contributed by atoms with Crippen molar-refractivity contribution in [1.82, 2.24) is 9.97 Å². The van der Waals surface area contributed by atoms with E-state index in [0.29, 0.717) is 17.3 Å². The van der Waals surface area contributed by atoms with Crippen molar-refractivity contribution in [3.63, 3.8) is 0 Å². The van der Waals surface area contributed by atoms with Crippen LogP contribution in [0.1, 0.15) is 30.9 Å². The zero-order chi connectivity index (χ0) is 25.1. The molecule has 0 unspecified atom stereocenters. The number of aromatic hydroxyl groups is 1. The summed E-state index contributed by atoms with van der Waals surface area (Å²) in [6.07, 6.45) is 4.71. The number of hydrogen-bond donors (Lipinski definition) is 1. The normalized spacial score (nSPS) is 11.1. The predicted molar refractivity (Wildman–Crippen MR) is 146 cm³/mol. The largest absolute Gasteiger partial charge is 2.00 e. The van der Waals surface area contributed by atoms with Crippen molar-refractivity contribution in [2.24, 2.45) is 4.99 Å². The number of hydrogen-bond acceptors (Lipinski definition) is 4. The van der Waals surface area contributed by atoms with Crippen molar-refractivity contribution in [1.29, 1.82) is 0 Å². The van der Waals surface area contributed by atoms with Crippen LogP contribution < -0.4 is 4.90 Å². The van der Waals surface area contributed by atoms with Gasteiger partial charge in [0.1, 0.15) is 6.33 Å². The molecule has 5 rings (SSSR count). The van der Waals surface area contributed by atoms with Crippen LogP contribution in [0.15, 0.2) is 96.2 Å². The number of phenolic OH excluding ortho intramolecular Hbond substituents is 1. The van der Waals surface area contributed by atoms with Crippen molar-refractivity contribution < 1.29 is 26.2 Å². The van der Waals surface area contributed by atoms with Crippen molar-refractivity contribution in [2.75, 3.05) is 4.90 Å². The Bertz CT molecular complexity index is 1520. The smallest absolute Gasteiger partial charge is 0.516 e. The summed E-state index contributed by atoms with van der Waals surface area (Å²) < 4.78 is 0. The molecule has 0 saturated heterocycles. The molecule has 0 fully saturated rings. The van der Waals surface area contributed by atoms with Crippen LogP contribution >= 0.6 is 0 Å². The Morgan fingerprint density at radius 2 is 1.65 bits per heavy atom. The molecule has 0 radical (unpaired) electrons. The van der Waals surface area contributed by atoms with E-state index in [0.717, 1.165) is 33.4 Å². The number of para-hydroxylation sites is 3. The van der Waals surface area contributed by atoms with Crippen molar-refractivity contribution in [2.45, 2.75) is 26.7 Å². The molecule has 0 aliphatic rings. The molecule has 0 aliphatic heterocycles. The molecule has 0 atom stereocenters. The molecule has 5 nitrogen and oxygen atoms in total. The van der Waals surface area contributed by atoms with Crippen LogP contribution in [0.5, 0.6) is 5.75 Å². The molecule has 1 heterocycles. The average Bonchev–Trinajstić information content (AvgIpc) is 2.90. The molecular formula is C31H26N4OPt. The van der Waals surface area contributed by atoms with Gasteiger partial charge in [-0.2, -0.15) is 18.2 Å². The Kier molecular flexibility index (Phi) is 8.15. The predicted octanol–water partition coefficient (Wildman–Crippen LogP) is 7.61. The van der Waals surface area contributed by atoms with Gasteiger partial charge in [0, 0.05) is 12.0 Å². The fourth-order valence-corrected chi connectivity index (χ4v) is 4.12. The molecule has 1 aromatic heterocycles. The molecule has 5 aromatic rings. The molecule has 0 bridgehead atoms. The minimum Gasteiger partial charge on any atom is -0.516 e. The first kappa shape index (κ1) is 26.2. The van der Waals surface area contributed by atoms with Crippen LogP contribution in [0, 0.1) is 13.0 Å². The first-order valence-electron chi connectivity index (χ1n) is 11.9. The third-order valence-corrected chi connectivity index (χ3v) is 6.11. The van der Waals surface area contributed by atoms with Gasteiger partial charge in [0.2, 0.25) is 0 Å². The number of aliphatic imine (C=N–C) groups is 1. The first-order valence-corrected chi connectivity index (χ1v) is 11.9. The minimum atomic E-state index is 0. The average molecular weight is 666 g/mol. The molecule has 1 N–H and O–H groups in total. The third-order valence-electron chi connectivity index (χ3n) is 6.11. The quantitative estimate of drug-likeness (QED) is 0.0879. The number of aromatic nitrogens is 2. The number of fused-ring (bicyclic) bond motifs is 1. The van der Waals surface area contributed by atoms with Crippen molar-refractivity contribution in [3.05, 3.63) is 108 Å². The fourth-order valence-electron chi connectivity index (χ4n) is 4.12. The van der Waals surface area contributed by atoms with Crippen LogP contribution in [0.2, 0.25) is 0 Å². The van der Waals surface area contributed by atoms with Crippen molar-refractivity contribution >= 4 is 34.3 Å². The summed E-state index contributed by atoms with van der Waals surface area (Å²) in [5.74, 6) is 0.572. The van der Waals surface area contributed by atoms with Gasteiger partial charge in [0.05, 0.1) is 11.3 Å². The van der Waals surface area contributed by atoms with Gasteiger partial charge in [-0.25, -0.2) is 4.98 Å². The van der Waals surface area contributed by atoms with E-state index >= 15 is 0 Å². The molecule has 6 heteroatoms. The molecule has 0 spiro atoms. The van der Waals surface area contributed by atoms with Gasteiger partial charge in [-0.15, -0.1) is 11.6 Å². The molecule has 4 aromatic carbocycles. The summed E-state index contributed by atoms with van der Waals surface area (Å²) in [6, 6.07) is 30.5. The molecule has 37 heavy (non-hydrogen) atoms. The number of benzene rings is 4. The fraction of sp³-hybridized carbons (Fsp3) is 0.129. The van der Waals surface area contributed by atoms with Gasteiger partial charge < -0.3 is 15.0 Å². The molecule has 0 amide bonds. The Hall–Kier alpha value is -3.82. The number of aryl methyl sites for hydroxylation is 1. The Balaban J connectivity index is 0.00000320. The van der Waals surface area contributed by atoms with Gasteiger partial charge in [-0.1, -0.05) is 79.7 Å². The molecule has 0 aliphatic carbocycles. The maximum Gasteiger partial charge on any atom is 2.00 e. The second kappa shape index (κ2) is 11.5. The van der Waals surface area contributed by atoms with E-state index < -0.39 is 0 Å². The Labute approximate surface area is 231 Å². The molecule has 0 saturated carbocycles. The number of phenols is 1. The van der Waals surface area contributed by atoms with Crippen LogP contribution in [-0.2, 0) is 21.1 Å². The van der Waals surface area contributed by atoms with Crippen LogP contribution in [0.25, 0.3) is 22.2 Å². The Morgan fingerprint density at radius 3 is 2.41 bits per heavy atom. The van der Waals surface area contributed by atoms with Gasteiger partial charge in [-0.05, 0) is 47.3 Å². The standard InChI is InChI=1S/C31H26N4O.Pt/c1-21(2)23-15-16-26-27(18-23)32-19-33-31(26)24-10-8-11-25(17-24)34-20-35(28-12-5-4-9-22(28)3)29-13-6-7-14-30(29)36;/h4-16,18-19,21,36H,1-3H3;/q-2;+2. The van der Waals surface area contributed by atoms with E-state index in [1.165, 1.54) is 5.56 Å². The zero-order valence-electron chi connectivity index (χ0n) is 20.8. The van der Waals surface area contributed by atoms with E-state index in [9.17, 15) is 5.11 Å². The molecular weight excluding hydrogens is 639 g/mol. The van der Waals surface area contributed by atoms with Gasteiger partial charge in [0.15, 0.2) is 0 Å². The molecule has 186 valence electrons. The summed E-state index contributed by atoms with van der Waals surface area (Å²) in [5.41, 5.74) is 6.89. The third kappa shape index (κ3) is 5.63. The monoisotopic (exact) mass is 665 g/mol.